The standard InChI is InChI=1S/C15H14N6O3.Na/c1-20-15(24)21-3-2-8(5-12(21)19-20)11-7-17-13-10(18-11)4-9(6-16-13)14(22)23;/h2-6,11,18H,7H2,1H3,(H,16,17)(H,22,23);/q;+1/p-1. The summed E-state index contributed by atoms with van der Waals surface area (Å²) in [5.74, 6) is -0.685. The molecule has 0 fully saturated rings. The molecule has 0 saturated carbocycles. The van der Waals surface area contributed by atoms with Crippen LogP contribution in [0.2, 0.25) is 0 Å². The number of anilines is 2. The number of nitrogens with zero attached hydrogens (tertiary/aromatic N) is 4. The second-order valence-electron chi connectivity index (χ2n) is 5.58. The van der Waals surface area contributed by atoms with Gasteiger partial charge in [0.1, 0.15) is 5.82 Å². The molecule has 0 aromatic carbocycles. The second kappa shape index (κ2) is 6.51. The number of fused-ring (bicyclic) bond motifs is 2. The Labute approximate surface area is 164 Å². The van der Waals surface area contributed by atoms with E-state index in [1.807, 2.05) is 12.1 Å². The molecule has 122 valence electrons. The third-order valence-corrected chi connectivity index (χ3v) is 4.02. The number of carbonyl (C=O) groups excluding carboxylic acids is 1. The van der Waals surface area contributed by atoms with Crippen molar-refractivity contribution in [2.75, 3.05) is 17.2 Å². The largest absolute Gasteiger partial charge is 1.00 e. The van der Waals surface area contributed by atoms with Gasteiger partial charge in [-0.2, -0.15) is 5.10 Å². The number of nitrogens with one attached hydrogen (secondary N) is 2. The summed E-state index contributed by atoms with van der Waals surface area (Å²) >= 11 is 0. The van der Waals surface area contributed by atoms with E-state index in [1.54, 1.807) is 13.2 Å². The van der Waals surface area contributed by atoms with Crippen molar-refractivity contribution in [3.05, 3.63) is 52.2 Å². The molecule has 0 aliphatic carbocycles. The Morgan fingerprint density at radius 1 is 1.40 bits per heavy atom. The molecule has 1 aliphatic heterocycles. The Morgan fingerprint density at radius 3 is 2.96 bits per heavy atom. The van der Waals surface area contributed by atoms with Crippen LogP contribution in [0.5, 0.6) is 0 Å². The van der Waals surface area contributed by atoms with E-state index < -0.39 is 5.97 Å². The normalized spacial score (nSPS) is 15.6. The van der Waals surface area contributed by atoms with Gasteiger partial charge >= 0.3 is 35.2 Å². The van der Waals surface area contributed by atoms with Crippen molar-refractivity contribution in [3.8, 4) is 0 Å². The number of aromatic nitrogens is 4. The minimum Gasteiger partial charge on any atom is -0.545 e. The zero-order valence-electron chi connectivity index (χ0n) is 13.7. The summed E-state index contributed by atoms with van der Waals surface area (Å²) in [6, 6.07) is 5.03. The van der Waals surface area contributed by atoms with Crippen LogP contribution in [-0.4, -0.2) is 31.7 Å². The molecule has 0 bridgehead atoms. The van der Waals surface area contributed by atoms with Crippen molar-refractivity contribution in [2.45, 2.75) is 6.04 Å². The predicted molar refractivity (Wildman–Crippen MR) is 83.9 cm³/mol. The average Bonchev–Trinajstić information content (AvgIpc) is 2.87. The van der Waals surface area contributed by atoms with E-state index in [0.29, 0.717) is 23.7 Å². The Bertz CT molecular complexity index is 1030. The molecule has 10 heteroatoms. The second-order valence-corrected chi connectivity index (χ2v) is 5.58. The summed E-state index contributed by atoms with van der Waals surface area (Å²) in [7, 11) is 1.60. The number of aromatic carboxylic acids is 1. The van der Waals surface area contributed by atoms with Gasteiger partial charge in [-0.15, -0.1) is 0 Å². The van der Waals surface area contributed by atoms with Gasteiger partial charge in [-0.05, 0) is 23.8 Å². The maximum Gasteiger partial charge on any atom is 1.00 e. The maximum atomic E-state index is 11.8. The summed E-state index contributed by atoms with van der Waals surface area (Å²) in [4.78, 5) is 26.9. The number of carboxylic acid groups (broad SMARTS) is 1. The van der Waals surface area contributed by atoms with E-state index >= 15 is 0 Å². The van der Waals surface area contributed by atoms with Crippen LogP contribution >= 0.6 is 0 Å². The number of carbonyl (C=O) groups is 1. The van der Waals surface area contributed by atoms with Crippen LogP contribution in [0.3, 0.4) is 0 Å². The first-order valence-corrected chi connectivity index (χ1v) is 7.30. The van der Waals surface area contributed by atoms with Gasteiger partial charge in [-0.25, -0.2) is 14.5 Å². The molecule has 0 amide bonds. The number of carboxylic acids is 1. The van der Waals surface area contributed by atoms with Crippen molar-refractivity contribution < 1.29 is 39.5 Å². The van der Waals surface area contributed by atoms with Crippen molar-refractivity contribution in [2.24, 2.45) is 7.05 Å². The number of pyridine rings is 2. The van der Waals surface area contributed by atoms with Crippen LogP contribution in [0, 0.1) is 0 Å². The zero-order chi connectivity index (χ0) is 16.8. The van der Waals surface area contributed by atoms with Gasteiger partial charge in [0.2, 0.25) is 0 Å². The van der Waals surface area contributed by atoms with E-state index in [0.717, 1.165) is 5.56 Å². The minimum absolute atomic E-state index is 0. The SMILES string of the molecule is Cn1nc2cc(C3CNc4ncc(C(=O)[O-])cc4N3)ccn2c1=O.[Na+]. The average molecular weight is 348 g/mol. The fourth-order valence-corrected chi connectivity index (χ4v) is 2.78. The molecular formula is C15H13N6NaO3. The molecular weight excluding hydrogens is 335 g/mol. The van der Waals surface area contributed by atoms with Crippen LogP contribution in [0.15, 0.2) is 35.4 Å². The molecule has 9 nitrogen and oxygen atoms in total. The Kier molecular flexibility index (Phi) is 4.55. The molecule has 1 unspecified atom stereocenters. The molecule has 0 radical (unpaired) electrons. The van der Waals surface area contributed by atoms with E-state index in [-0.39, 0.29) is 46.9 Å². The van der Waals surface area contributed by atoms with Gasteiger partial charge in [0.15, 0.2) is 5.65 Å². The topological polar surface area (TPSA) is 116 Å². The van der Waals surface area contributed by atoms with Crippen LogP contribution in [-0.2, 0) is 7.05 Å². The van der Waals surface area contributed by atoms with Gasteiger partial charge < -0.3 is 20.5 Å². The molecule has 0 saturated heterocycles. The van der Waals surface area contributed by atoms with Crippen molar-refractivity contribution in [3.63, 3.8) is 0 Å². The molecule has 2 N–H and O–H groups in total. The van der Waals surface area contributed by atoms with E-state index in [9.17, 15) is 14.7 Å². The first-order valence-electron chi connectivity index (χ1n) is 7.30. The molecule has 3 aromatic rings. The number of rotatable bonds is 2. The zero-order valence-corrected chi connectivity index (χ0v) is 15.7. The number of hydrogen-bond donors (Lipinski definition) is 2. The molecule has 25 heavy (non-hydrogen) atoms. The monoisotopic (exact) mass is 348 g/mol. The molecule has 1 aliphatic rings. The van der Waals surface area contributed by atoms with Gasteiger partial charge in [-0.3, -0.25) is 4.40 Å². The van der Waals surface area contributed by atoms with Gasteiger partial charge in [0.05, 0.1) is 17.7 Å². The fraction of sp³-hybridized carbons (Fsp3) is 0.200. The van der Waals surface area contributed by atoms with Crippen LogP contribution in [0.1, 0.15) is 22.0 Å². The maximum absolute atomic E-state index is 11.8. The Balaban J connectivity index is 0.00000182. The quantitative estimate of drug-likeness (QED) is 0.459. The Morgan fingerprint density at radius 2 is 2.20 bits per heavy atom. The van der Waals surface area contributed by atoms with E-state index in [1.165, 1.54) is 21.3 Å². The number of hydrogen-bond acceptors (Lipinski definition) is 7. The molecule has 1 atom stereocenters. The van der Waals surface area contributed by atoms with Crippen LogP contribution in [0.4, 0.5) is 11.5 Å². The summed E-state index contributed by atoms with van der Waals surface area (Å²) in [5.41, 5.74) is 1.86. The van der Waals surface area contributed by atoms with Gasteiger partial charge in [0.25, 0.3) is 0 Å². The van der Waals surface area contributed by atoms with E-state index in [2.05, 4.69) is 20.7 Å². The number of aryl methyl sites for hydroxylation is 1. The summed E-state index contributed by atoms with van der Waals surface area (Å²) in [6.45, 7) is 0.567. The summed E-state index contributed by atoms with van der Waals surface area (Å²) < 4.78 is 2.74. The smallest absolute Gasteiger partial charge is 0.545 e. The van der Waals surface area contributed by atoms with Crippen molar-refractivity contribution in [1.29, 1.82) is 0 Å². The molecule has 4 heterocycles. The third kappa shape index (κ3) is 3.01. The first-order chi connectivity index (χ1) is 11.5. The van der Waals surface area contributed by atoms with Crippen molar-refractivity contribution in [1.82, 2.24) is 19.2 Å². The Hall–Kier alpha value is -2.36. The minimum atomic E-state index is -1.27. The fourth-order valence-electron chi connectivity index (χ4n) is 2.78. The molecule has 3 aromatic heterocycles. The van der Waals surface area contributed by atoms with Gasteiger partial charge in [-0.1, -0.05) is 0 Å². The molecule has 4 rings (SSSR count). The van der Waals surface area contributed by atoms with Crippen LogP contribution in [0.25, 0.3) is 5.65 Å². The molecule has 0 spiro atoms. The third-order valence-electron chi connectivity index (χ3n) is 4.02. The van der Waals surface area contributed by atoms with Crippen molar-refractivity contribution >= 4 is 23.1 Å². The van der Waals surface area contributed by atoms with E-state index in [4.69, 9.17) is 0 Å². The summed E-state index contributed by atoms with van der Waals surface area (Å²) in [5, 5.41) is 21.6. The summed E-state index contributed by atoms with van der Waals surface area (Å²) in [6.07, 6.45) is 2.93. The van der Waals surface area contributed by atoms with Gasteiger partial charge in [0, 0.05) is 31.5 Å². The predicted octanol–water partition coefficient (Wildman–Crippen LogP) is -3.63. The van der Waals surface area contributed by atoms with Crippen LogP contribution < -0.4 is 51.0 Å². The first kappa shape index (κ1) is 17.5.